The van der Waals surface area contributed by atoms with Gasteiger partial charge in [-0.05, 0) is 0 Å². The van der Waals surface area contributed by atoms with Gasteiger partial charge < -0.3 is 14.2 Å². The third-order valence-corrected chi connectivity index (χ3v) is 2.68. The second-order valence-electron chi connectivity index (χ2n) is 3.27. The maximum atomic E-state index is 11.9. The van der Waals surface area contributed by atoms with Crippen LogP contribution in [0.2, 0.25) is 0 Å². The number of nitrogens with zero attached hydrogens (tertiary/aromatic N) is 2. The summed E-state index contributed by atoms with van der Waals surface area (Å²) in [5.74, 6) is 0.210. The highest BCUT2D eigenvalue weighted by Gasteiger charge is 2.28. The van der Waals surface area contributed by atoms with Gasteiger partial charge in [0.15, 0.2) is 5.69 Å². The molecule has 15 heavy (non-hydrogen) atoms. The predicted molar refractivity (Wildman–Crippen MR) is 52.9 cm³/mol. The van der Waals surface area contributed by atoms with Crippen molar-refractivity contribution in [2.75, 3.05) is 25.6 Å². The zero-order valence-electron chi connectivity index (χ0n) is 8.06. The third-order valence-electron chi connectivity index (χ3n) is 2.32. The molecule has 1 aromatic heterocycles. The van der Waals surface area contributed by atoms with Crippen molar-refractivity contribution in [3.8, 4) is 0 Å². The van der Waals surface area contributed by atoms with Gasteiger partial charge in [0, 0.05) is 18.5 Å². The minimum Gasteiger partial charge on any atom is -0.377 e. The summed E-state index contributed by atoms with van der Waals surface area (Å²) in [6.45, 7) is 1.56. The first kappa shape index (κ1) is 10.4. The summed E-state index contributed by atoms with van der Waals surface area (Å²) in [7, 11) is 0. The Hall–Kier alpha value is -1.07. The average Bonchev–Trinajstić information content (AvgIpc) is 2.81. The van der Waals surface area contributed by atoms with Crippen LogP contribution in [0.15, 0.2) is 16.9 Å². The minimum absolute atomic E-state index is 0.0791. The fourth-order valence-corrected chi connectivity index (χ4v) is 1.78. The molecule has 1 aliphatic rings. The number of hydrogen-bond donors (Lipinski definition) is 0. The minimum atomic E-state index is -0.155. The standard InChI is InChI=1S/C9H11ClN2O3/c10-5-7-6-14-4-2-12(7)9(13)8-1-3-15-11-8/h1,3,7H,2,4-6H2. The largest absolute Gasteiger partial charge is 0.377 e. The summed E-state index contributed by atoms with van der Waals surface area (Å²) in [6.07, 6.45) is 1.38. The molecule has 2 heterocycles. The van der Waals surface area contributed by atoms with E-state index in [0.717, 1.165) is 0 Å². The van der Waals surface area contributed by atoms with E-state index >= 15 is 0 Å². The molecule has 0 radical (unpaired) electrons. The molecular formula is C9H11ClN2O3. The van der Waals surface area contributed by atoms with Crippen LogP contribution in [0.25, 0.3) is 0 Å². The number of alkyl halides is 1. The number of carbonyl (C=O) groups is 1. The van der Waals surface area contributed by atoms with E-state index in [1.165, 1.54) is 6.26 Å². The van der Waals surface area contributed by atoms with Gasteiger partial charge in [-0.25, -0.2) is 0 Å². The van der Waals surface area contributed by atoms with Crippen molar-refractivity contribution < 1.29 is 14.1 Å². The van der Waals surface area contributed by atoms with E-state index in [9.17, 15) is 4.79 Å². The van der Waals surface area contributed by atoms with Crippen molar-refractivity contribution >= 4 is 17.5 Å². The van der Waals surface area contributed by atoms with Crippen LogP contribution in [-0.4, -0.2) is 47.6 Å². The molecule has 0 spiro atoms. The molecule has 0 N–H and O–H groups in total. The van der Waals surface area contributed by atoms with Crippen LogP contribution in [0.3, 0.4) is 0 Å². The number of hydrogen-bond acceptors (Lipinski definition) is 4. The second-order valence-corrected chi connectivity index (χ2v) is 3.57. The van der Waals surface area contributed by atoms with Gasteiger partial charge in [-0.15, -0.1) is 11.6 Å². The lowest BCUT2D eigenvalue weighted by Crippen LogP contribution is -2.49. The maximum absolute atomic E-state index is 11.9. The molecule has 0 bridgehead atoms. The van der Waals surface area contributed by atoms with Crippen LogP contribution in [0.1, 0.15) is 10.5 Å². The number of rotatable bonds is 2. The summed E-state index contributed by atoms with van der Waals surface area (Å²) in [4.78, 5) is 13.6. The Bertz CT molecular complexity index is 328. The fraction of sp³-hybridized carbons (Fsp3) is 0.556. The lowest BCUT2D eigenvalue weighted by Gasteiger charge is -2.33. The van der Waals surface area contributed by atoms with E-state index in [-0.39, 0.29) is 11.9 Å². The molecular weight excluding hydrogens is 220 g/mol. The van der Waals surface area contributed by atoms with Crippen molar-refractivity contribution in [1.82, 2.24) is 10.1 Å². The highest BCUT2D eigenvalue weighted by molar-refractivity contribution is 6.18. The van der Waals surface area contributed by atoms with Crippen LogP contribution in [-0.2, 0) is 4.74 Å². The molecule has 1 saturated heterocycles. The van der Waals surface area contributed by atoms with E-state index in [1.54, 1.807) is 11.0 Å². The van der Waals surface area contributed by atoms with Gasteiger partial charge in [-0.2, -0.15) is 0 Å². The van der Waals surface area contributed by atoms with Crippen LogP contribution < -0.4 is 0 Å². The van der Waals surface area contributed by atoms with Gasteiger partial charge >= 0.3 is 0 Å². The summed E-state index contributed by atoms with van der Waals surface area (Å²) in [6, 6.07) is 1.47. The molecule has 0 aliphatic carbocycles. The van der Waals surface area contributed by atoms with Crippen LogP contribution in [0.4, 0.5) is 0 Å². The molecule has 0 saturated carbocycles. The fourth-order valence-electron chi connectivity index (χ4n) is 1.52. The molecule has 6 heteroatoms. The zero-order valence-corrected chi connectivity index (χ0v) is 8.81. The van der Waals surface area contributed by atoms with Gasteiger partial charge in [0.05, 0.1) is 19.3 Å². The van der Waals surface area contributed by atoms with Crippen molar-refractivity contribution in [2.45, 2.75) is 6.04 Å². The Morgan fingerprint density at radius 1 is 1.73 bits per heavy atom. The molecule has 5 nitrogen and oxygen atoms in total. The highest BCUT2D eigenvalue weighted by atomic mass is 35.5. The molecule has 0 aromatic carbocycles. The Balaban J connectivity index is 2.11. The Kier molecular flexibility index (Phi) is 3.23. The quantitative estimate of drug-likeness (QED) is 0.704. The first-order valence-electron chi connectivity index (χ1n) is 4.68. The van der Waals surface area contributed by atoms with Crippen molar-refractivity contribution in [1.29, 1.82) is 0 Å². The first-order valence-corrected chi connectivity index (χ1v) is 5.21. The van der Waals surface area contributed by atoms with Gasteiger partial charge in [0.2, 0.25) is 0 Å². The molecule has 2 rings (SSSR count). The molecule has 1 unspecified atom stereocenters. The normalized spacial score (nSPS) is 21.7. The number of halogens is 1. The molecule has 1 atom stereocenters. The van der Waals surface area contributed by atoms with Gasteiger partial charge in [-0.3, -0.25) is 4.79 Å². The summed E-state index contributed by atoms with van der Waals surface area (Å²) < 4.78 is 9.88. The maximum Gasteiger partial charge on any atom is 0.276 e. The monoisotopic (exact) mass is 230 g/mol. The van der Waals surface area contributed by atoms with E-state index < -0.39 is 0 Å². The summed E-state index contributed by atoms with van der Waals surface area (Å²) >= 11 is 5.76. The number of amides is 1. The van der Waals surface area contributed by atoms with Crippen LogP contribution >= 0.6 is 11.6 Å². The number of morpholine rings is 1. The van der Waals surface area contributed by atoms with Gasteiger partial charge in [-0.1, -0.05) is 5.16 Å². The summed E-state index contributed by atoms with van der Waals surface area (Å²) in [5, 5.41) is 3.61. The van der Waals surface area contributed by atoms with Crippen molar-refractivity contribution in [3.63, 3.8) is 0 Å². The van der Waals surface area contributed by atoms with Gasteiger partial charge in [0.25, 0.3) is 5.91 Å². The van der Waals surface area contributed by atoms with E-state index in [4.69, 9.17) is 16.3 Å². The molecule has 1 amide bonds. The lowest BCUT2D eigenvalue weighted by atomic mass is 10.2. The lowest BCUT2D eigenvalue weighted by molar-refractivity contribution is 0.00403. The molecule has 1 fully saturated rings. The van der Waals surface area contributed by atoms with Crippen molar-refractivity contribution in [2.24, 2.45) is 0 Å². The molecule has 82 valence electrons. The summed E-state index contributed by atoms with van der Waals surface area (Å²) in [5.41, 5.74) is 0.312. The second kappa shape index (κ2) is 4.63. The average molecular weight is 231 g/mol. The third kappa shape index (κ3) is 2.13. The van der Waals surface area contributed by atoms with Crippen molar-refractivity contribution in [3.05, 3.63) is 18.0 Å². The first-order chi connectivity index (χ1) is 7.33. The number of ether oxygens (including phenoxy) is 1. The van der Waals surface area contributed by atoms with Gasteiger partial charge in [0.1, 0.15) is 6.26 Å². The highest BCUT2D eigenvalue weighted by Crippen LogP contribution is 2.12. The van der Waals surface area contributed by atoms with Crippen LogP contribution in [0.5, 0.6) is 0 Å². The molecule has 1 aromatic rings. The van der Waals surface area contributed by atoms with E-state index in [2.05, 4.69) is 9.68 Å². The topological polar surface area (TPSA) is 55.6 Å². The Labute approximate surface area is 91.9 Å². The number of carbonyl (C=O) groups excluding carboxylic acids is 1. The zero-order chi connectivity index (χ0) is 10.7. The Morgan fingerprint density at radius 2 is 2.60 bits per heavy atom. The van der Waals surface area contributed by atoms with Crippen LogP contribution in [0, 0.1) is 0 Å². The Morgan fingerprint density at radius 3 is 3.27 bits per heavy atom. The van der Waals surface area contributed by atoms with E-state index in [1.807, 2.05) is 0 Å². The SMILES string of the molecule is O=C(c1ccon1)N1CCOCC1CCl. The van der Waals surface area contributed by atoms with E-state index in [0.29, 0.717) is 31.3 Å². The number of aromatic nitrogens is 1. The molecule has 1 aliphatic heterocycles. The smallest absolute Gasteiger partial charge is 0.276 e. The predicted octanol–water partition coefficient (Wildman–Crippen LogP) is 0.754.